The van der Waals surface area contributed by atoms with Gasteiger partial charge in [-0.15, -0.1) is 21.0 Å². The van der Waals surface area contributed by atoms with Crippen LogP contribution in [0.25, 0.3) is 0 Å². The SMILES string of the molecule is N#COc1ccc(OP(=O)(Oc2ccc(OC#N)cc2)Oc2ccc(OC#N)cc2)cc1.N#COc1ccc(OP(O)O)cc1. The quantitative estimate of drug-likeness (QED) is 0.132. The van der Waals surface area contributed by atoms with Gasteiger partial charge in [0, 0.05) is 0 Å². The number of phosphoric acid groups is 1. The van der Waals surface area contributed by atoms with Crippen molar-refractivity contribution in [1.82, 2.24) is 0 Å². The molecular formula is C28H18N4O11P2. The molecule has 4 aromatic rings. The van der Waals surface area contributed by atoms with Crippen molar-refractivity contribution < 1.29 is 51.4 Å². The third-order valence-corrected chi connectivity index (χ3v) is 6.46. The Morgan fingerprint density at radius 1 is 0.444 bits per heavy atom. The molecule has 0 aliphatic carbocycles. The van der Waals surface area contributed by atoms with Crippen LogP contribution in [0.15, 0.2) is 97.1 Å². The Hall–Kier alpha value is -6.18. The summed E-state index contributed by atoms with van der Waals surface area (Å²) < 4.78 is 53.1. The van der Waals surface area contributed by atoms with E-state index in [1.54, 1.807) is 0 Å². The van der Waals surface area contributed by atoms with Gasteiger partial charge in [-0.3, -0.25) is 0 Å². The highest BCUT2D eigenvalue weighted by atomic mass is 31.2. The highest BCUT2D eigenvalue weighted by Crippen LogP contribution is 2.50. The van der Waals surface area contributed by atoms with Gasteiger partial charge in [0.1, 0.15) is 46.0 Å². The summed E-state index contributed by atoms with van der Waals surface area (Å²) in [6, 6.07) is 23.0. The van der Waals surface area contributed by atoms with Crippen LogP contribution in [0.3, 0.4) is 0 Å². The van der Waals surface area contributed by atoms with E-state index in [0.29, 0.717) is 11.5 Å². The van der Waals surface area contributed by atoms with Crippen molar-refractivity contribution in [2.75, 3.05) is 0 Å². The van der Waals surface area contributed by atoms with E-state index in [1.165, 1.54) is 122 Å². The molecule has 0 unspecified atom stereocenters. The average molecular weight is 648 g/mol. The van der Waals surface area contributed by atoms with E-state index in [0.717, 1.165) is 0 Å². The molecule has 4 aromatic carbocycles. The molecule has 4 rings (SSSR count). The van der Waals surface area contributed by atoms with Gasteiger partial charge in [0.25, 0.3) is 25.0 Å². The summed E-state index contributed by atoms with van der Waals surface area (Å²) in [4.78, 5) is 17.0. The van der Waals surface area contributed by atoms with E-state index < -0.39 is 16.4 Å². The third kappa shape index (κ3) is 11.5. The molecular weight excluding hydrogens is 630 g/mol. The minimum Gasteiger partial charge on any atom is -0.427 e. The Bertz CT molecular complexity index is 1590. The molecule has 0 aliphatic rings. The molecule has 226 valence electrons. The molecule has 15 nitrogen and oxygen atoms in total. The second-order valence-electron chi connectivity index (χ2n) is 7.72. The average Bonchev–Trinajstić information content (AvgIpc) is 3.02. The Kier molecular flexibility index (Phi) is 12.6. The second-order valence-corrected chi connectivity index (χ2v) is 9.85. The van der Waals surface area contributed by atoms with Crippen LogP contribution < -0.4 is 37.0 Å². The van der Waals surface area contributed by atoms with Gasteiger partial charge in [-0.1, -0.05) is 0 Å². The van der Waals surface area contributed by atoms with E-state index >= 15 is 0 Å². The summed E-state index contributed by atoms with van der Waals surface area (Å²) in [5.41, 5.74) is 0. The van der Waals surface area contributed by atoms with E-state index in [4.69, 9.17) is 58.6 Å². The molecule has 17 heteroatoms. The summed E-state index contributed by atoms with van der Waals surface area (Å²) in [6.07, 6.45) is 6.12. The predicted octanol–water partition coefficient (Wildman–Crippen LogP) is 6.05. The van der Waals surface area contributed by atoms with Crippen molar-refractivity contribution >= 4 is 16.4 Å². The lowest BCUT2D eigenvalue weighted by atomic mass is 10.3. The highest BCUT2D eigenvalue weighted by Gasteiger charge is 2.33. The maximum absolute atomic E-state index is 13.4. The molecule has 0 atom stereocenters. The van der Waals surface area contributed by atoms with Crippen molar-refractivity contribution in [2.24, 2.45) is 0 Å². The van der Waals surface area contributed by atoms with Gasteiger partial charge in [0.2, 0.25) is 0 Å². The zero-order valence-corrected chi connectivity index (χ0v) is 24.3. The molecule has 0 heterocycles. The van der Waals surface area contributed by atoms with Crippen LogP contribution in [-0.4, -0.2) is 9.79 Å². The maximum atomic E-state index is 13.4. The van der Waals surface area contributed by atoms with Crippen molar-refractivity contribution in [3.05, 3.63) is 97.1 Å². The van der Waals surface area contributed by atoms with Gasteiger partial charge < -0.3 is 46.8 Å². The number of phosphoric ester groups is 1. The Morgan fingerprint density at radius 3 is 0.889 bits per heavy atom. The maximum Gasteiger partial charge on any atom is 0.647 e. The van der Waals surface area contributed by atoms with Crippen LogP contribution in [0.4, 0.5) is 0 Å². The molecule has 0 spiro atoms. The molecule has 0 bridgehead atoms. The van der Waals surface area contributed by atoms with Gasteiger partial charge in [-0.2, -0.15) is 4.57 Å². The van der Waals surface area contributed by atoms with Gasteiger partial charge >= 0.3 is 16.4 Å². The zero-order chi connectivity index (χ0) is 32.5. The normalized spacial score (nSPS) is 9.76. The number of ether oxygens (including phenoxy) is 4. The van der Waals surface area contributed by atoms with Gasteiger partial charge in [-0.25, -0.2) is 0 Å². The molecule has 0 amide bonds. The first-order valence-corrected chi connectivity index (χ1v) is 14.6. The fourth-order valence-electron chi connectivity index (χ4n) is 3.02. The molecule has 0 radical (unpaired) electrons. The van der Waals surface area contributed by atoms with Crippen LogP contribution in [0.5, 0.6) is 46.0 Å². The lowest BCUT2D eigenvalue weighted by molar-refractivity contribution is 0.298. The predicted molar refractivity (Wildman–Crippen MR) is 152 cm³/mol. The van der Waals surface area contributed by atoms with Crippen LogP contribution in [0.1, 0.15) is 0 Å². The summed E-state index contributed by atoms with van der Waals surface area (Å²) in [6.45, 7) is 0. The van der Waals surface area contributed by atoms with Crippen molar-refractivity contribution in [2.45, 2.75) is 0 Å². The fourth-order valence-corrected chi connectivity index (χ4v) is 4.58. The summed E-state index contributed by atoms with van der Waals surface area (Å²) in [7, 11) is -6.69. The summed E-state index contributed by atoms with van der Waals surface area (Å²) in [5.74, 6) is 1.82. The van der Waals surface area contributed by atoms with E-state index in [9.17, 15) is 4.57 Å². The Balaban J connectivity index is 0.000000355. The first kappa shape index (κ1) is 33.3. The monoisotopic (exact) mass is 648 g/mol. The molecule has 0 aromatic heterocycles. The molecule has 0 fully saturated rings. The third-order valence-electron chi connectivity index (χ3n) is 4.79. The number of rotatable bonds is 12. The van der Waals surface area contributed by atoms with E-state index in [2.05, 4.69) is 9.26 Å². The van der Waals surface area contributed by atoms with Gasteiger partial charge in [0.05, 0.1) is 0 Å². The smallest absolute Gasteiger partial charge is 0.427 e. The number of hydrogen-bond donors (Lipinski definition) is 2. The number of benzene rings is 4. The first-order valence-electron chi connectivity index (χ1n) is 11.9. The topological polar surface area (TPSA) is 227 Å². The largest absolute Gasteiger partial charge is 0.647 e. The molecule has 0 saturated carbocycles. The van der Waals surface area contributed by atoms with Crippen LogP contribution in [0.2, 0.25) is 0 Å². The molecule has 0 saturated heterocycles. The molecule has 2 N–H and O–H groups in total. The minimum absolute atomic E-state index is 0.118. The standard InChI is InChI=1S/C21H12N3O7P.C7H6NO4P/c22-13-26-16-1-7-19(8-2-16)29-32(25,30-20-9-3-17(4-10-20)27-14-23)31-21-11-5-18(6-12-21)28-15-24;8-5-11-6-1-3-7(4-2-6)12-13(9)10/h1-12H;1-4,9-10H. The molecule has 0 aliphatic heterocycles. The second kappa shape index (κ2) is 17.1. The first-order chi connectivity index (χ1) is 21.7. The summed E-state index contributed by atoms with van der Waals surface area (Å²) >= 11 is 0. The number of nitriles is 4. The van der Waals surface area contributed by atoms with Crippen LogP contribution in [0, 0.1) is 46.1 Å². The van der Waals surface area contributed by atoms with Crippen molar-refractivity contribution in [3.63, 3.8) is 0 Å². The fraction of sp³-hybridized carbons (Fsp3) is 0. The van der Waals surface area contributed by atoms with Crippen molar-refractivity contribution in [1.29, 1.82) is 21.0 Å². The van der Waals surface area contributed by atoms with Gasteiger partial charge in [0.15, 0.2) is 0 Å². The minimum atomic E-state index is -4.29. The lowest BCUT2D eigenvalue weighted by Crippen LogP contribution is -2.07. The Labute approximate surface area is 256 Å². The zero-order valence-electron chi connectivity index (χ0n) is 22.5. The van der Waals surface area contributed by atoms with Crippen LogP contribution in [-0.2, 0) is 4.57 Å². The summed E-state index contributed by atoms with van der Waals surface area (Å²) in [5, 5.41) is 33.9. The Morgan fingerprint density at radius 2 is 0.667 bits per heavy atom. The van der Waals surface area contributed by atoms with Crippen molar-refractivity contribution in [3.8, 4) is 71.0 Å². The highest BCUT2D eigenvalue weighted by molar-refractivity contribution is 7.49. The number of hydrogen-bond acceptors (Lipinski definition) is 15. The van der Waals surface area contributed by atoms with Crippen LogP contribution >= 0.6 is 16.4 Å². The van der Waals surface area contributed by atoms with E-state index in [-0.39, 0.29) is 34.5 Å². The molecule has 45 heavy (non-hydrogen) atoms. The lowest BCUT2D eigenvalue weighted by Gasteiger charge is -2.19. The number of nitrogens with zero attached hydrogens (tertiary/aromatic N) is 4. The van der Waals surface area contributed by atoms with E-state index in [1.807, 2.05) is 0 Å². The van der Waals surface area contributed by atoms with Gasteiger partial charge in [-0.05, 0) is 97.1 Å².